The van der Waals surface area contributed by atoms with E-state index in [1.807, 2.05) is 18.7 Å². The van der Waals surface area contributed by atoms with Gasteiger partial charge in [0.25, 0.3) is 5.91 Å². The number of amides is 1. The number of aryl methyl sites for hydroxylation is 2. The van der Waals surface area contributed by atoms with E-state index in [2.05, 4.69) is 15.3 Å². The molecule has 0 bridgehead atoms. The Balaban J connectivity index is 1.68. The first kappa shape index (κ1) is 14.6. The van der Waals surface area contributed by atoms with E-state index in [0.29, 0.717) is 12.3 Å². The lowest BCUT2D eigenvalue weighted by atomic mass is 10.1. The van der Waals surface area contributed by atoms with Crippen molar-refractivity contribution in [1.29, 1.82) is 0 Å². The van der Waals surface area contributed by atoms with Gasteiger partial charge in [0.15, 0.2) is 5.76 Å². The third-order valence-electron chi connectivity index (χ3n) is 3.86. The molecule has 2 aromatic rings. The van der Waals surface area contributed by atoms with Crippen LogP contribution >= 0.6 is 0 Å². The highest BCUT2D eigenvalue weighted by Gasteiger charge is 2.26. The molecule has 2 aromatic heterocycles. The summed E-state index contributed by atoms with van der Waals surface area (Å²) in [5.74, 6) is 1.15. The first-order chi connectivity index (χ1) is 10.6. The molecule has 3 heterocycles. The van der Waals surface area contributed by atoms with Gasteiger partial charge < -0.3 is 14.6 Å². The van der Waals surface area contributed by atoms with E-state index in [1.54, 1.807) is 18.3 Å². The van der Waals surface area contributed by atoms with Crippen LogP contribution in [0.1, 0.15) is 34.8 Å². The zero-order chi connectivity index (χ0) is 15.5. The molecule has 6 heteroatoms. The Morgan fingerprint density at radius 1 is 1.45 bits per heavy atom. The molecule has 1 N–H and O–H groups in total. The van der Waals surface area contributed by atoms with Gasteiger partial charge in [0, 0.05) is 25.3 Å². The first-order valence-electron chi connectivity index (χ1n) is 7.53. The average Bonchev–Trinajstić information content (AvgIpc) is 3.05. The smallest absolute Gasteiger partial charge is 0.289 e. The van der Waals surface area contributed by atoms with Gasteiger partial charge in [0.1, 0.15) is 5.82 Å². The Kier molecular flexibility index (Phi) is 4.09. The maximum atomic E-state index is 12.4. The Morgan fingerprint density at radius 2 is 2.32 bits per heavy atom. The molecule has 1 saturated heterocycles. The van der Waals surface area contributed by atoms with Crippen LogP contribution < -0.4 is 5.32 Å². The van der Waals surface area contributed by atoms with E-state index in [1.165, 1.54) is 6.26 Å². The van der Waals surface area contributed by atoms with E-state index in [4.69, 9.17) is 4.42 Å². The Bertz CT molecular complexity index is 654. The number of hydrogen-bond acceptors (Lipinski definition) is 5. The number of furan rings is 1. The fourth-order valence-electron chi connectivity index (χ4n) is 2.70. The van der Waals surface area contributed by atoms with Crippen LogP contribution in [-0.4, -0.2) is 39.9 Å². The topological polar surface area (TPSA) is 71.3 Å². The molecular formula is C16H20N4O2. The molecule has 1 fully saturated rings. The number of aromatic nitrogens is 2. The van der Waals surface area contributed by atoms with Crippen LogP contribution in [0.4, 0.5) is 5.82 Å². The third-order valence-corrected chi connectivity index (χ3v) is 3.86. The van der Waals surface area contributed by atoms with Crippen LogP contribution in [-0.2, 0) is 0 Å². The highest BCUT2D eigenvalue weighted by atomic mass is 16.3. The monoisotopic (exact) mass is 300 g/mol. The number of likely N-dealkylation sites (tertiary alicyclic amines) is 1. The van der Waals surface area contributed by atoms with Gasteiger partial charge in [-0.1, -0.05) is 0 Å². The van der Waals surface area contributed by atoms with Crippen molar-refractivity contribution in [2.24, 2.45) is 0 Å². The molecule has 1 aliphatic rings. The summed E-state index contributed by atoms with van der Waals surface area (Å²) in [6.45, 7) is 5.26. The lowest BCUT2D eigenvalue weighted by molar-refractivity contribution is 0.0682. The van der Waals surface area contributed by atoms with Crippen LogP contribution in [0.5, 0.6) is 0 Å². The standard InChI is InChI=1S/C16H20N4O2/c1-11-9-17-12(2)15(18-11)19-13-5-3-7-20(10-13)16(21)14-6-4-8-22-14/h4,6,8-9,13H,3,5,7,10H2,1-2H3,(H,18,19). The van der Waals surface area contributed by atoms with Crippen molar-refractivity contribution in [2.75, 3.05) is 18.4 Å². The van der Waals surface area contributed by atoms with Crippen molar-refractivity contribution in [3.8, 4) is 0 Å². The predicted octanol–water partition coefficient (Wildman–Crippen LogP) is 2.40. The molecule has 1 atom stereocenters. The van der Waals surface area contributed by atoms with Crippen LogP contribution in [0.15, 0.2) is 29.0 Å². The predicted molar refractivity (Wildman–Crippen MR) is 82.8 cm³/mol. The molecule has 3 rings (SSSR count). The number of rotatable bonds is 3. The Hall–Kier alpha value is -2.37. The molecule has 1 unspecified atom stereocenters. The van der Waals surface area contributed by atoms with Crippen molar-refractivity contribution in [1.82, 2.24) is 14.9 Å². The number of carbonyl (C=O) groups excluding carboxylic acids is 1. The molecule has 0 aromatic carbocycles. The van der Waals surface area contributed by atoms with Gasteiger partial charge in [0.2, 0.25) is 0 Å². The number of anilines is 1. The minimum Gasteiger partial charge on any atom is -0.459 e. The summed E-state index contributed by atoms with van der Waals surface area (Å²) in [6, 6.07) is 3.62. The second kappa shape index (κ2) is 6.17. The van der Waals surface area contributed by atoms with Gasteiger partial charge in [-0.15, -0.1) is 0 Å². The number of nitrogens with zero attached hydrogens (tertiary/aromatic N) is 3. The molecule has 0 spiro atoms. The van der Waals surface area contributed by atoms with Gasteiger partial charge in [-0.2, -0.15) is 0 Å². The highest BCUT2D eigenvalue weighted by molar-refractivity contribution is 5.91. The normalized spacial score (nSPS) is 18.3. The Morgan fingerprint density at radius 3 is 3.09 bits per heavy atom. The highest BCUT2D eigenvalue weighted by Crippen LogP contribution is 2.18. The van der Waals surface area contributed by atoms with Crippen molar-refractivity contribution in [2.45, 2.75) is 32.7 Å². The fraction of sp³-hybridized carbons (Fsp3) is 0.438. The fourth-order valence-corrected chi connectivity index (χ4v) is 2.70. The largest absolute Gasteiger partial charge is 0.459 e. The van der Waals surface area contributed by atoms with E-state index in [9.17, 15) is 4.79 Å². The summed E-state index contributed by atoms with van der Waals surface area (Å²) in [5.41, 5.74) is 1.76. The van der Waals surface area contributed by atoms with Gasteiger partial charge in [-0.25, -0.2) is 4.98 Å². The molecule has 1 amide bonds. The third kappa shape index (κ3) is 3.10. The maximum absolute atomic E-state index is 12.4. The van der Waals surface area contributed by atoms with E-state index in [0.717, 1.165) is 36.6 Å². The first-order valence-corrected chi connectivity index (χ1v) is 7.53. The summed E-state index contributed by atoms with van der Waals surface area (Å²) in [4.78, 5) is 23.0. The second-order valence-electron chi connectivity index (χ2n) is 5.66. The number of carbonyl (C=O) groups is 1. The lowest BCUT2D eigenvalue weighted by Gasteiger charge is -2.33. The van der Waals surface area contributed by atoms with Crippen molar-refractivity contribution >= 4 is 11.7 Å². The van der Waals surface area contributed by atoms with Crippen molar-refractivity contribution < 1.29 is 9.21 Å². The molecule has 1 aliphatic heterocycles. The van der Waals surface area contributed by atoms with E-state index >= 15 is 0 Å². The van der Waals surface area contributed by atoms with Crippen LogP contribution in [0, 0.1) is 13.8 Å². The quantitative estimate of drug-likeness (QED) is 0.942. The summed E-state index contributed by atoms with van der Waals surface area (Å²) < 4.78 is 5.20. The molecular weight excluding hydrogens is 280 g/mol. The Labute approximate surface area is 129 Å². The zero-order valence-electron chi connectivity index (χ0n) is 12.9. The van der Waals surface area contributed by atoms with Gasteiger partial charge in [-0.3, -0.25) is 9.78 Å². The van der Waals surface area contributed by atoms with Gasteiger partial charge in [-0.05, 0) is 38.8 Å². The number of hydrogen-bond donors (Lipinski definition) is 1. The molecule has 0 aliphatic carbocycles. The molecule has 22 heavy (non-hydrogen) atoms. The van der Waals surface area contributed by atoms with Gasteiger partial charge in [0.05, 0.1) is 17.7 Å². The van der Waals surface area contributed by atoms with Crippen LogP contribution in [0.3, 0.4) is 0 Å². The maximum Gasteiger partial charge on any atom is 0.289 e. The van der Waals surface area contributed by atoms with E-state index < -0.39 is 0 Å². The molecule has 6 nitrogen and oxygen atoms in total. The average molecular weight is 300 g/mol. The zero-order valence-corrected chi connectivity index (χ0v) is 12.9. The van der Waals surface area contributed by atoms with Crippen molar-refractivity contribution in [3.63, 3.8) is 0 Å². The summed E-state index contributed by atoms with van der Waals surface area (Å²) in [6.07, 6.45) is 5.26. The lowest BCUT2D eigenvalue weighted by Crippen LogP contribution is -2.45. The number of nitrogens with one attached hydrogen (secondary N) is 1. The molecule has 0 radical (unpaired) electrons. The molecule has 116 valence electrons. The van der Waals surface area contributed by atoms with Crippen LogP contribution in [0.2, 0.25) is 0 Å². The SMILES string of the molecule is Cc1cnc(C)c(NC2CCCN(C(=O)c3ccco3)C2)n1. The summed E-state index contributed by atoms with van der Waals surface area (Å²) in [7, 11) is 0. The second-order valence-corrected chi connectivity index (χ2v) is 5.66. The van der Waals surface area contributed by atoms with E-state index in [-0.39, 0.29) is 11.9 Å². The summed E-state index contributed by atoms with van der Waals surface area (Å²) in [5, 5.41) is 3.42. The minimum atomic E-state index is -0.0523. The van der Waals surface area contributed by atoms with Crippen LogP contribution in [0.25, 0.3) is 0 Å². The number of piperidine rings is 1. The van der Waals surface area contributed by atoms with Crippen molar-refractivity contribution in [3.05, 3.63) is 41.7 Å². The molecule has 0 saturated carbocycles. The van der Waals surface area contributed by atoms with Gasteiger partial charge >= 0.3 is 0 Å². The minimum absolute atomic E-state index is 0.0523. The summed E-state index contributed by atoms with van der Waals surface area (Å²) >= 11 is 0.